The second-order valence-corrected chi connectivity index (χ2v) is 7.30. The van der Waals surface area contributed by atoms with Gasteiger partial charge in [0.2, 0.25) is 3.79 Å². The highest BCUT2D eigenvalue weighted by Gasteiger charge is 2.28. The summed E-state index contributed by atoms with van der Waals surface area (Å²) in [7, 11) is 0. The maximum absolute atomic E-state index is 7.57. The third-order valence-corrected chi connectivity index (χ3v) is 3.93. The Labute approximate surface area is 132 Å². The SMILES string of the molecule is C=C/C(C)=C(C)\C=C1/CN=C(NC(=N)C(Cl)(Cl)Cl)S1. The lowest BCUT2D eigenvalue weighted by molar-refractivity contribution is 1.18. The van der Waals surface area contributed by atoms with Crippen molar-refractivity contribution < 1.29 is 0 Å². The van der Waals surface area contributed by atoms with Crippen LogP contribution in [0, 0.1) is 5.41 Å². The summed E-state index contributed by atoms with van der Waals surface area (Å²) >= 11 is 18.2. The van der Waals surface area contributed by atoms with Gasteiger partial charge in [-0.05, 0) is 31.1 Å². The summed E-state index contributed by atoms with van der Waals surface area (Å²) in [5.74, 6) is -0.209. The van der Waals surface area contributed by atoms with Crippen LogP contribution >= 0.6 is 46.6 Å². The van der Waals surface area contributed by atoms with Crippen molar-refractivity contribution in [1.82, 2.24) is 5.32 Å². The zero-order chi connectivity index (χ0) is 14.6. The molecule has 3 nitrogen and oxygen atoms in total. The summed E-state index contributed by atoms with van der Waals surface area (Å²) in [4.78, 5) is 5.31. The molecule has 0 fully saturated rings. The maximum Gasteiger partial charge on any atom is 0.247 e. The minimum absolute atomic E-state index is 0.209. The fourth-order valence-electron chi connectivity index (χ4n) is 1.17. The summed E-state index contributed by atoms with van der Waals surface area (Å²) in [6.07, 6.45) is 3.85. The number of aliphatic imine (C=N–C) groups is 1. The highest BCUT2D eigenvalue weighted by atomic mass is 35.6. The Kier molecular flexibility index (Phi) is 5.99. The lowest BCUT2D eigenvalue weighted by Crippen LogP contribution is -2.36. The number of halogens is 3. The largest absolute Gasteiger partial charge is 0.320 e. The average molecular weight is 339 g/mol. The van der Waals surface area contributed by atoms with E-state index in [-0.39, 0.29) is 5.84 Å². The second kappa shape index (κ2) is 6.84. The number of hydrogen-bond donors (Lipinski definition) is 2. The molecule has 7 heteroatoms. The summed E-state index contributed by atoms with van der Waals surface area (Å²) < 4.78 is -1.76. The predicted octanol–water partition coefficient (Wildman–Crippen LogP) is 4.43. The van der Waals surface area contributed by atoms with Crippen LogP contribution in [-0.2, 0) is 0 Å². The van der Waals surface area contributed by atoms with E-state index >= 15 is 0 Å². The Morgan fingerprint density at radius 1 is 1.42 bits per heavy atom. The molecule has 0 radical (unpaired) electrons. The molecule has 0 unspecified atom stereocenters. The van der Waals surface area contributed by atoms with Gasteiger partial charge in [-0.25, -0.2) is 0 Å². The molecule has 0 bridgehead atoms. The molecule has 2 N–H and O–H groups in total. The number of amidine groups is 2. The van der Waals surface area contributed by atoms with Gasteiger partial charge >= 0.3 is 0 Å². The molecular weight excluding hydrogens is 325 g/mol. The number of thioether (sulfide) groups is 1. The van der Waals surface area contributed by atoms with Gasteiger partial charge in [-0.15, -0.1) is 0 Å². The van der Waals surface area contributed by atoms with Crippen molar-refractivity contribution in [3.8, 4) is 0 Å². The van der Waals surface area contributed by atoms with Crippen LogP contribution in [0.25, 0.3) is 0 Å². The first-order chi connectivity index (χ1) is 8.74. The molecule has 1 aliphatic rings. The fraction of sp³-hybridized carbons (Fsp3) is 0.333. The van der Waals surface area contributed by atoms with E-state index in [2.05, 4.69) is 16.9 Å². The quantitative estimate of drug-likeness (QED) is 0.338. The van der Waals surface area contributed by atoms with Gasteiger partial charge in [-0.1, -0.05) is 59.2 Å². The molecule has 0 atom stereocenters. The van der Waals surface area contributed by atoms with Crippen LogP contribution in [0.15, 0.2) is 39.8 Å². The topological polar surface area (TPSA) is 48.2 Å². The summed E-state index contributed by atoms with van der Waals surface area (Å²) in [6, 6.07) is 0. The van der Waals surface area contributed by atoms with E-state index in [9.17, 15) is 0 Å². The van der Waals surface area contributed by atoms with Gasteiger partial charge in [0, 0.05) is 4.91 Å². The van der Waals surface area contributed by atoms with Crippen molar-refractivity contribution in [3.05, 3.63) is 34.8 Å². The first kappa shape index (κ1) is 16.6. The van der Waals surface area contributed by atoms with Gasteiger partial charge < -0.3 is 5.32 Å². The zero-order valence-corrected chi connectivity index (χ0v) is 13.6. The van der Waals surface area contributed by atoms with Crippen molar-refractivity contribution in [2.45, 2.75) is 17.6 Å². The Morgan fingerprint density at radius 3 is 2.58 bits per heavy atom. The number of nitrogens with one attached hydrogen (secondary N) is 2. The average Bonchev–Trinajstić information content (AvgIpc) is 2.74. The molecule has 1 rings (SSSR count). The van der Waals surface area contributed by atoms with Crippen LogP contribution in [0.1, 0.15) is 13.8 Å². The lowest BCUT2D eigenvalue weighted by atomic mass is 10.1. The molecule has 0 aliphatic carbocycles. The highest BCUT2D eigenvalue weighted by molar-refractivity contribution is 8.17. The van der Waals surface area contributed by atoms with Gasteiger partial charge in [0.1, 0.15) is 0 Å². The summed E-state index contributed by atoms with van der Waals surface area (Å²) in [6.45, 7) is 8.30. The minimum atomic E-state index is -1.76. The number of allylic oxidation sites excluding steroid dienone is 4. The minimum Gasteiger partial charge on any atom is -0.320 e. The maximum atomic E-state index is 7.57. The van der Waals surface area contributed by atoms with Crippen molar-refractivity contribution in [2.75, 3.05) is 6.54 Å². The number of nitrogens with zero attached hydrogens (tertiary/aromatic N) is 1. The van der Waals surface area contributed by atoms with E-state index in [1.165, 1.54) is 11.8 Å². The molecule has 0 saturated heterocycles. The zero-order valence-electron chi connectivity index (χ0n) is 10.6. The number of alkyl halides is 3. The van der Waals surface area contributed by atoms with Gasteiger partial charge in [-0.2, -0.15) is 0 Å². The third-order valence-electron chi connectivity index (χ3n) is 2.43. The molecule has 0 amide bonds. The third kappa shape index (κ3) is 5.22. The molecule has 19 heavy (non-hydrogen) atoms. The highest BCUT2D eigenvalue weighted by Crippen LogP contribution is 2.29. The lowest BCUT2D eigenvalue weighted by Gasteiger charge is -2.13. The van der Waals surface area contributed by atoms with Crippen LogP contribution < -0.4 is 5.32 Å². The molecule has 1 heterocycles. The van der Waals surface area contributed by atoms with Crippen LogP contribution in [0.5, 0.6) is 0 Å². The second-order valence-electron chi connectivity index (χ2n) is 3.90. The Morgan fingerprint density at radius 2 is 2.05 bits per heavy atom. The van der Waals surface area contributed by atoms with E-state index in [1.807, 2.05) is 26.0 Å². The van der Waals surface area contributed by atoms with Gasteiger partial charge in [0.15, 0.2) is 11.0 Å². The molecule has 104 valence electrons. The number of hydrogen-bond acceptors (Lipinski definition) is 3. The van der Waals surface area contributed by atoms with Crippen molar-refractivity contribution in [2.24, 2.45) is 4.99 Å². The van der Waals surface area contributed by atoms with Crippen LogP contribution in [0.2, 0.25) is 0 Å². The number of rotatable bonds is 2. The van der Waals surface area contributed by atoms with Gasteiger partial charge in [-0.3, -0.25) is 10.4 Å². The smallest absolute Gasteiger partial charge is 0.247 e. The molecule has 0 aromatic rings. The molecule has 0 aromatic heterocycles. The van der Waals surface area contributed by atoms with Gasteiger partial charge in [0.05, 0.1) is 6.54 Å². The summed E-state index contributed by atoms with van der Waals surface area (Å²) in [5.41, 5.74) is 2.24. The molecule has 0 spiro atoms. The van der Waals surface area contributed by atoms with Crippen molar-refractivity contribution in [1.29, 1.82) is 5.41 Å². The fourth-order valence-corrected chi connectivity index (χ4v) is 2.21. The molecular formula is C12H14Cl3N3S. The Bertz CT molecular complexity index is 487. The van der Waals surface area contributed by atoms with E-state index in [4.69, 9.17) is 40.2 Å². The van der Waals surface area contributed by atoms with E-state index in [1.54, 1.807) is 0 Å². The summed E-state index contributed by atoms with van der Waals surface area (Å²) in [5, 5.41) is 10.8. The molecule has 0 aromatic carbocycles. The monoisotopic (exact) mass is 337 g/mol. The van der Waals surface area contributed by atoms with Crippen molar-refractivity contribution in [3.63, 3.8) is 0 Å². The molecule has 1 aliphatic heterocycles. The van der Waals surface area contributed by atoms with Crippen LogP contribution in [0.3, 0.4) is 0 Å². The van der Waals surface area contributed by atoms with E-state index < -0.39 is 3.79 Å². The Balaban J connectivity index is 2.66. The van der Waals surface area contributed by atoms with Gasteiger partial charge in [0.25, 0.3) is 0 Å². The van der Waals surface area contributed by atoms with E-state index in [0.717, 1.165) is 16.1 Å². The van der Waals surface area contributed by atoms with Crippen LogP contribution in [-0.4, -0.2) is 21.3 Å². The standard InChI is InChI=1S/C12H14Cl3N3S/c1-4-7(2)8(3)5-9-6-17-11(19-9)18-10(16)12(13,14)15/h4-5H,1,6H2,2-3H3,(H2,16,17,18)/b8-7-,9-5+. The Hall–Kier alpha value is -0.420. The van der Waals surface area contributed by atoms with Crippen molar-refractivity contribution >= 4 is 57.6 Å². The molecule has 0 saturated carbocycles. The van der Waals surface area contributed by atoms with E-state index in [0.29, 0.717) is 11.7 Å². The normalized spacial score (nSPS) is 19.0. The van der Waals surface area contributed by atoms with Crippen LogP contribution in [0.4, 0.5) is 0 Å². The first-order valence-corrected chi connectivity index (χ1v) is 7.34. The predicted molar refractivity (Wildman–Crippen MR) is 87.7 cm³/mol. The first-order valence-electron chi connectivity index (χ1n) is 5.39.